The predicted molar refractivity (Wildman–Crippen MR) is 80.7 cm³/mol. The third-order valence-electron chi connectivity index (χ3n) is 4.06. The van der Waals surface area contributed by atoms with Crippen molar-refractivity contribution < 1.29 is 0 Å². The van der Waals surface area contributed by atoms with Crippen molar-refractivity contribution in [3.8, 4) is 0 Å². The molecule has 1 aliphatic heterocycles. The Morgan fingerprint density at radius 3 is 2.80 bits per heavy atom. The van der Waals surface area contributed by atoms with E-state index in [2.05, 4.69) is 58.1 Å². The highest BCUT2D eigenvalue weighted by atomic mass is 15.2. The number of hydrogen-bond donors (Lipinski definition) is 0. The second-order valence-corrected chi connectivity index (χ2v) is 5.49. The van der Waals surface area contributed by atoms with Crippen LogP contribution < -0.4 is 4.90 Å². The van der Waals surface area contributed by atoms with Crippen molar-refractivity contribution in [2.75, 3.05) is 25.5 Å². The minimum absolute atomic E-state index is 0.518. The molecule has 0 saturated carbocycles. The second-order valence-electron chi connectivity index (χ2n) is 5.49. The second kappa shape index (κ2) is 5.59. The largest absolute Gasteiger partial charge is 0.358 e. The fourth-order valence-corrected chi connectivity index (χ4v) is 2.84. The van der Waals surface area contributed by atoms with Gasteiger partial charge in [0.1, 0.15) is 12.1 Å². The lowest BCUT2D eigenvalue weighted by atomic mass is 9.94. The summed E-state index contributed by atoms with van der Waals surface area (Å²) in [6.07, 6.45) is 4.49. The van der Waals surface area contributed by atoms with Gasteiger partial charge in [0, 0.05) is 32.4 Å². The summed E-state index contributed by atoms with van der Waals surface area (Å²) in [5.74, 6) is 0.979. The number of benzene rings is 1. The Morgan fingerprint density at radius 1 is 1.25 bits per heavy atom. The molecule has 2 aromatic rings. The molecule has 2 heterocycles. The first-order chi connectivity index (χ1) is 9.74. The molecule has 4 nitrogen and oxygen atoms in total. The van der Waals surface area contributed by atoms with Crippen LogP contribution >= 0.6 is 0 Å². The summed E-state index contributed by atoms with van der Waals surface area (Å²) in [5.41, 5.74) is 2.93. The Balaban J connectivity index is 1.72. The van der Waals surface area contributed by atoms with E-state index in [0.29, 0.717) is 6.04 Å². The quantitative estimate of drug-likeness (QED) is 0.852. The molecule has 0 N–H and O–H groups in total. The maximum absolute atomic E-state index is 4.31. The Morgan fingerprint density at radius 2 is 2.05 bits per heavy atom. The Bertz CT molecular complexity index is 570. The molecule has 0 amide bonds. The molecule has 3 rings (SSSR count). The third-order valence-corrected chi connectivity index (χ3v) is 4.06. The van der Waals surface area contributed by atoms with E-state index in [1.165, 1.54) is 11.1 Å². The molecule has 0 unspecified atom stereocenters. The highest BCUT2D eigenvalue weighted by Gasteiger charge is 2.24. The summed E-state index contributed by atoms with van der Waals surface area (Å²) in [4.78, 5) is 12.9. The van der Waals surface area contributed by atoms with E-state index in [9.17, 15) is 0 Å². The number of hydrogen-bond acceptors (Lipinski definition) is 4. The summed E-state index contributed by atoms with van der Waals surface area (Å²) in [6, 6.07) is 11.2. The van der Waals surface area contributed by atoms with Gasteiger partial charge in [0.15, 0.2) is 0 Å². The van der Waals surface area contributed by atoms with Crippen LogP contribution in [0.5, 0.6) is 0 Å². The van der Waals surface area contributed by atoms with Crippen LogP contribution in [0.2, 0.25) is 0 Å². The lowest BCUT2D eigenvalue weighted by Gasteiger charge is -2.36. The maximum atomic E-state index is 4.31. The summed E-state index contributed by atoms with van der Waals surface area (Å²) < 4.78 is 0. The zero-order valence-corrected chi connectivity index (χ0v) is 12.0. The third kappa shape index (κ3) is 2.65. The number of fused-ring (bicyclic) bond motifs is 1. The molecule has 1 aliphatic rings. The summed E-state index contributed by atoms with van der Waals surface area (Å²) in [5, 5.41) is 0. The molecule has 0 bridgehead atoms. The Labute approximate surface area is 120 Å². The zero-order valence-electron chi connectivity index (χ0n) is 12.0. The van der Waals surface area contributed by atoms with Gasteiger partial charge in [-0.3, -0.25) is 4.90 Å². The lowest BCUT2D eigenvalue weighted by molar-refractivity contribution is 0.219. The van der Waals surface area contributed by atoms with Crippen molar-refractivity contribution in [1.29, 1.82) is 0 Å². The van der Waals surface area contributed by atoms with Crippen molar-refractivity contribution in [1.82, 2.24) is 14.9 Å². The lowest BCUT2D eigenvalue weighted by Crippen LogP contribution is -2.44. The van der Waals surface area contributed by atoms with Crippen molar-refractivity contribution in [3.63, 3.8) is 0 Å². The first kappa shape index (κ1) is 13.1. The van der Waals surface area contributed by atoms with E-state index in [4.69, 9.17) is 0 Å². The van der Waals surface area contributed by atoms with Crippen molar-refractivity contribution in [3.05, 3.63) is 54.0 Å². The van der Waals surface area contributed by atoms with Crippen LogP contribution in [-0.4, -0.2) is 41.5 Å². The van der Waals surface area contributed by atoms with E-state index >= 15 is 0 Å². The van der Waals surface area contributed by atoms with E-state index in [1.54, 1.807) is 12.5 Å². The number of rotatable bonds is 3. The van der Waals surface area contributed by atoms with Gasteiger partial charge in [-0.05, 0) is 30.7 Å². The summed E-state index contributed by atoms with van der Waals surface area (Å²) >= 11 is 0. The van der Waals surface area contributed by atoms with Crippen LogP contribution in [0, 0.1) is 0 Å². The van der Waals surface area contributed by atoms with Crippen LogP contribution in [0.3, 0.4) is 0 Å². The van der Waals surface area contributed by atoms with Crippen LogP contribution in [-0.2, 0) is 13.0 Å². The molecule has 1 aromatic carbocycles. The Kier molecular flexibility index (Phi) is 3.65. The van der Waals surface area contributed by atoms with Crippen molar-refractivity contribution in [2.24, 2.45) is 0 Å². The van der Waals surface area contributed by atoms with E-state index in [1.807, 2.05) is 6.07 Å². The van der Waals surface area contributed by atoms with Gasteiger partial charge < -0.3 is 4.90 Å². The van der Waals surface area contributed by atoms with Gasteiger partial charge in [0.2, 0.25) is 0 Å². The highest BCUT2D eigenvalue weighted by Crippen LogP contribution is 2.23. The molecule has 0 radical (unpaired) electrons. The fraction of sp³-hybridized carbons (Fsp3) is 0.375. The highest BCUT2D eigenvalue weighted by molar-refractivity contribution is 5.36. The predicted octanol–water partition coefficient (Wildman–Crippen LogP) is 1.97. The number of nitrogens with zero attached hydrogens (tertiary/aromatic N) is 4. The van der Waals surface area contributed by atoms with Crippen molar-refractivity contribution >= 4 is 5.82 Å². The smallest absolute Gasteiger partial charge is 0.131 e. The average molecular weight is 268 g/mol. The van der Waals surface area contributed by atoms with Gasteiger partial charge in [-0.1, -0.05) is 24.3 Å². The number of anilines is 1. The molecule has 4 heteroatoms. The molecule has 0 fully saturated rings. The van der Waals surface area contributed by atoms with Gasteiger partial charge >= 0.3 is 0 Å². The summed E-state index contributed by atoms with van der Waals surface area (Å²) in [7, 11) is 4.30. The maximum Gasteiger partial charge on any atom is 0.131 e. The number of likely N-dealkylation sites (N-methyl/N-ethyl adjacent to an activating group) is 2. The van der Waals surface area contributed by atoms with E-state index in [-0.39, 0.29) is 0 Å². The van der Waals surface area contributed by atoms with Crippen LogP contribution in [0.15, 0.2) is 42.9 Å². The molecule has 1 atom stereocenters. The molecule has 0 saturated heterocycles. The normalized spacial score (nSPS) is 18.6. The molecule has 0 spiro atoms. The molecule has 0 aliphatic carbocycles. The van der Waals surface area contributed by atoms with Gasteiger partial charge in [0.05, 0.1) is 0 Å². The van der Waals surface area contributed by atoms with Gasteiger partial charge in [-0.15, -0.1) is 0 Å². The molecule has 104 valence electrons. The Hall–Kier alpha value is -1.94. The summed E-state index contributed by atoms with van der Waals surface area (Å²) in [6.45, 7) is 2.00. The van der Waals surface area contributed by atoms with E-state index in [0.717, 1.165) is 25.3 Å². The molecule has 1 aromatic heterocycles. The fourth-order valence-electron chi connectivity index (χ4n) is 2.84. The van der Waals surface area contributed by atoms with Gasteiger partial charge in [0.25, 0.3) is 0 Å². The molecule has 20 heavy (non-hydrogen) atoms. The van der Waals surface area contributed by atoms with Crippen LogP contribution in [0.25, 0.3) is 0 Å². The van der Waals surface area contributed by atoms with Crippen LogP contribution in [0.1, 0.15) is 11.1 Å². The monoisotopic (exact) mass is 268 g/mol. The standard InChI is InChI=1S/C16H20N4/c1-19-10-14-6-4-3-5-13(14)9-15(19)11-20(2)16-7-8-17-12-18-16/h3-8,12,15H,9-11H2,1-2H3/t15-/m1/s1. The van der Waals surface area contributed by atoms with Crippen LogP contribution in [0.4, 0.5) is 5.82 Å². The van der Waals surface area contributed by atoms with E-state index < -0.39 is 0 Å². The molecular weight excluding hydrogens is 248 g/mol. The topological polar surface area (TPSA) is 32.3 Å². The van der Waals surface area contributed by atoms with Gasteiger partial charge in [-0.2, -0.15) is 0 Å². The minimum atomic E-state index is 0.518. The zero-order chi connectivity index (χ0) is 13.9. The molecular formula is C16H20N4. The minimum Gasteiger partial charge on any atom is -0.358 e. The SMILES string of the molecule is CN(C[C@H]1Cc2ccccc2CN1C)c1ccncn1. The first-order valence-corrected chi connectivity index (χ1v) is 6.98. The number of aromatic nitrogens is 2. The first-order valence-electron chi connectivity index (χ1n) is 6.98. The average Bonchev–Trinajstić information content (AvgIpc) is 2.49. The van der Waals surface area contributed by atoms with Gasteiger partial charge in [-0.25, -0.2) is 9.97 Å². The van der Waals surface area contributed by atoms with Crippen molar-refractivity contribution in [2.45, 2.75) is 19.0 Å².